The maximum atomic E-state index is 11.7. The first-order valence-electron chi connectivity index (χ1n) is 8.68. The fraction of sp³-hybridized carbons (Fsp3) is 0.238. The number of esters is 1. The van der Waals surface area contributed by atoms with Crippen molar-refractivity contribution in [3.8, 4) is 0 Å². The minimum atomic E-state index is -0.954. The van der Waals surface area contributed by atoms with Crippen molar-refractivity contribution in [1.82, 2.24) is 0 Å². The van der Waals surface area contributed by atoms with E-state index >= 15 is 0 Å². The maximum absolute atomic E-state index is 11.7. The highest BCUT2D eigenvalue weighted by Gasteiger charge is 2.40. The lowest BCUT2D eigenvalue weighted by Crippen LogP contribution is -2.30. The van der Waals surface area contributed by atoms with E-state index in [2.05, 4.69) is 17.5 Å². The molecule has 5 nitrogen and oxygen atoms in total. The quantitative estimate of drug-likeness (QED) is 0.596. The van der Waals surface area contributed by atoms with E-state index in [4.69, 9.17) is 16.3 Å². The fourth-order valence-electron chi connectivity index (χ4n) is 4.14. The Balaban J connectivity index is 1.77. The second-order valence-corrected chi connectivity index (χ2v) is 7.19. The first-order valence-corrected chi connectivity index (χ1v) is 9.06. The summed E-state index contributed by atoms with van der Waals surface area (Å²) in [5.41, 5.74) is 3.21. The highest BCUT2D eigenvalue weighted by molar-refractivity contribution is 6.33. The van der Waals surface area contributed by atoms with Gasteiger partial charge in [0.2, 0.25) is 0 Å². The molecule has 2 aliphatic rings. The van der Waals surface area contributed by atoms with E-state index in [1.807, 2.05) is 12.1 Å². The Hall–Kier alpha value is -2.79. The van der Waals surface area contributed by atoms with Gasteiger partial charge in [-0.25, -0.2) is 9.59 Å². The molecule has 0 spiro atoms. The van der Waals surface area contributed by atoms with Crippen molar-refractivity contribution in [2.24, 2.45) is 5.92 Å². The van der Waals surface area contributed by atoms with Gasteiger partial charge in [-0.2, -0.15) is 0 Å². The van der Waals surface area contributed by atoms with Crippen LogP contribution in [0.4, 0.5) is 5.69 Å². The monoisotopic (exact) mass is 383 g/mol. The average molecular weight is 384 g/mol. The Bertz CT molecular complexity index is 951. The zero-order valence-electron chi connectivity index (χ0n) is 14.6. The summed E-state index contributed by atoms with van der Waals surface area (Å²) in [6.45, 7) is 0. The van der Waals surface area contributed by atoms with E-state index in [1.54, 1.807) is 24.3 Å². The lowest BCUT2D eigenvalue weighted by molar-refractivity contribution is 0.0599. The van der Waals surface area contributed by atoms with Crippen molar-refractivity contribution in [3.63, 3.8) is 0 Å². The van der Waals surface area contributed by atoms with E-state index in [0.717, 1.165) is 17.5 Å². The third kappa shape index (κ3) is 2.88. The molecule has 2 aromatic carbocycles. The summed E-state index contributed by atoms with van der Waals surface area (Å²) in [6, 6.07) is 10.4. The molecule has 0 radical (unpaired) electrons. The summed E-state index contributed by atoms with van der Waals surface area (Å²) in [6.07, 6.45) is 5.00. The number of anilines is 1. The summed E-state index contributed by atoms with van der Waals surface area (Å²) in [7, 11) is 1.35. The van der Waals surface area contributed by atoms with Gasteiger partial charge >= 0.3 is 11.9 Å². The minimum Gasteiger partial charge on any atom is -0.478 e. The number of carbonyl (C=O) groups is 2. The molecule has 6 heteroatoms. The van der Waals surface area contributed by atoms with Crippen LogP contribution < -0.4 is 5.32 Å². The SMILES string of the molecule is COC(=O)c1ccc([C@H]2Nc3c(Cl)ccc(C(=O)O)c3C3C=CCC32)cc1. The summed E-state index contributed by atoms with van der Waals surface area (Å²) in [5, 5.41) is 13.6. The highest BCUT2D eigenvalue weighted by Crippen LogP contribution is 2.52. The molecule has 138 valence electrons. The number of aromatic carboxylic acids is 1. The summed E-state index contributed by atoms with van der Waals surface area (Å²) >= 11 is 6.41. The number of nitrogens with one attached hydrogen (secondary N) is 1. The number of rotatable bonds is 3. The van der Waals surface area contributed by atoms with Crippen LogP contribution in [-0.4, -0.2) is 24.2 Å². The van der Waals surface area contributed by atoms with Gasteiger partial charge < -0.3 is 15.2 Å². The number of methoxy groups -OCH3 is 1. The van der Waals surface area contributed by atoms with Crippen molar-refractivity contribution in [1.29, 1.82) is 0 Å². The van der Waals surface area contributed by atoms with E-state index in [9.17, 15) is 14.7 Å². The van der Waals surface area contributed by atoms with Crippen LogP contribution in [0.2, 0.25) is 5.02 Å². The van der Waals surface area contributed by atoms with E-state index in [0.29, 0.717) is 16.3 Å². The summed E-state index contributed by atoms with van der Waals surface area (Å²) in [4.78, 5) is 23.4. The maximum Gasteiger partial charge on any atom is 0.337 e. The van der Waals surface area contributed by atoms with Crippen LogP contribution in [0.15, 0.2) is 48.6 Å². The number of carboxylic acids is 1. The van der Waals surface area contributed by atoms with Crippen molar-refractivity contribution in [2.75, 3.05) is 12.4 Å². The van der Waals surface area contributed by atoms with E-state index < -0.39 is 5.97 Å². The molecule has 2 N–H and O–H groups in total. The molecule has 1 heterocycles. The molecule has 0 saturated heterocycles. The van der Waals surface area contributed by atoms with Gasteiger partial charge in [-0.3, -0.25) is 0 Å². The second-order valence-electron chi connectivity index (χ2n) is 6.78. The molecule has 3 atom stereocenters. The molecular weight excluding hydrogens is 366 g/mol. The van der Waals surface area contributed by atoms with Crippen LogP contribution in [-0.2, 0) is 4.74 Å². The summed E-state index contributed by atoms with van der Waals surface area (Å²) < 4.78 is 4.75. The first kappa shape index (κ1) is 17.6. The number of hydrogen-bond donors (Lipinski definition) is 2. The standard InChI is InChI=1S/C21H18ClNO4/c1-27-21(26)12-7-5-11(6-8-12)18-14-4-2-3-13(14)17-15(20(24)25)9-10-16(22)19(17)23-18/h2-3,5-10,13-14,18,23H,4H2,1H3,(H,24,25)/t13?,14?,18-/m1/s1. The number of benzene rings is 2. The van der Waals surface area contributed by atoms with Gasteiger partial charge in [-0.15, -0.1) is 0 Å². The van der Waals surface area contributed by atoms with Gasteiger partial charge in [0.1, 0.15) is 0 Å². The molecule has 2 aromatic rings. The zero-order valence-corrected chi connectivity index (χ0v) is 15.4. The van der Waals surface area contributed by atoms with Crippen LogP contribution in [0.3, 0.4) is 0 Å². The van der Waals surface area contributed by atoms with Crippen LogP contribution in [0, 0.1) is 5.92 Å². The molecule has 4 rings (SSSR count). The number of fused-ring (bicyclic) bond motifs is 3. The van der Waals surface area contributed by atoms with Crippen molar-refractivity contribution in [3.05, 3.63) is 75.8 Å². The van der Waals surface area contributed by atoms with Gasteiger partial charge in [-0.1, -0.05) is 35.9 Å². The Kier molecular flexibility index (Phi) is 4.40. The van der Waals surface area contributed by atoms with Gasteiger partial charge in [0.25, 0.3) is 0 Å². The number of hydrogen-bond acceptors (Lipinski definition) is 4. The second kappa shape index (κ2) is 6.74. The Labute approximate surface area is 161 Å². The Morgan fingerprint density at radius 3 is 2.59 bits per heavy atom. The van der Waals surface area contributed by atoms with Gasteiger partial charge in [0.15, 0.2) is 0 Å². The van der Waals surface area contributed by atoms with Crippen molar-refractivity contribution >= 4 is 29.2 Å². The molecule has 0 amide bonds. The van der Waals surface area contributed by atoms with Gasteiger partial charge in [0.05, 0.1) is 35.0 Å². The molecule has 0 aromatic heterocycles. The molecular formula is C21H18ClNO4. The van der Waals surface area contributed by atoms with Crippen molar-refractivity contribution < 1.29 is 19.4 Å². The largest absolute Gasteiger partial charge is 0.478 e. The molecule has 0 saturated carbocycles. The van der Waals surface area contributed by atoms with Crippen LogP contribution >= 0.6 is 11.6 Å². The van der Waals surface area contributed by atoms with Crippen LogP contribution in [0.25, 0.3) is 0 Å². The number of ether oxygens (including phenoxy) is 1. The number of carboxylic acid groups (broad SMARTS) is 1. The van der Waals surface area contributed by atoms with Crippen LogP contribution in [0.1, 0.15) is 50.2 Å². The number of halogens is 1. The lowest BCUT2D eigenvalue weighted by atomic mass is 9.75. The predicted octanol–water partition coefficient (Wildman–Crippen LogP) is 4.65. The Morgan fingerprint density at radius 1 is 1.19 bits per heavy atom. The van der Waals surface area contributed by atoms with E-state index in [-0.39, 0.29) is 29.4 Å². The van der Waals surface area contributed by atoms with Crippen LogP contribution in [0.5, 0.6) is 0 Å². The van der Waals surface area contributed by atoms with E-state index in [1.165, 1.54) is 7.11 Å². The smallest absolute Gasteiger partial charge is 0.337 e. The Morgan fingerprint density at radius 2 is 1.93 bits per heavy atom. The average Bonchev–Trinajstić information content (AvgIpc) is 3.17. The first-order chi connectivity index (χ1) is 13.0. The normalized spacial score (nSPS) is 22.5. The minimum absolute atomic E-state index is 0.0173. The molecule has 1 aliphatic heterocycles. The fourth-order valence-corrected chi connectivity index (χ4v) is 4.35. The van der Waals surface area contributed by atoms with Crippen molar-refractivity contribution in [2.45, 2.75) is 18.4 Å². The zero-order chi connectivity index (χ0) is 19.1. The predicted molar refractivity (Wildman–Crippen MR) is 103 cm³/mol. The molecule has 0 bridgehead atoms. The topological polar surface area (TPSA) is 75.6 Å². The number of allylic oxidation sites excluding steroid dienone is 2. The van der Waals surface area contributed by atoms with Gasteiger partial charge in [0, 0.05) is 5.92 Å². The number of carbonyl (C=O) groups excluding carboxylic acids is 1. The van der Waals surface area contributed by atoms with Gasteiger partial charge in [-0.05, 0) is 47.7 Å². The molecule has 0 fully saturated rings. The third-order valence-electron chi connectivity index (χ3n) is 5.39. The molecule has 1 aliphatic carbocycles. The third-order valence-corrected chi connectivity index (χ3v) is 5.71. The molecule has 2 unspecified atom stereocenters. The highest BCUT2D eigenvalue weighted by atomic mass is 35.5. The lowest BCUT2D eigenvalue weighted by Gasteiger charge is -2.38. The molecule has 27 heavy (non-hydrogen) atoms. The summed E-state index contributed by atoms with van der Waals surface area (Å²) in [5.74, 6) is -1.17.